The number of nitrogens with zero attached hydrogens (tertiary/aromatic N) is 2. The molecular formula is C14H8Cl4N2. The lowest BCUT2D eigenvalue weighted by atomic mass is 10.2. The van der Waals surface area contributed by atoms with Gasteiger partial charge in [-0.1, -0.05) is 58.5 Å². The Bertz CT molecular complexity index is 581. The van der Waals surface area contributed by atoms with E-state index in [4.69, 9.17) is 46.4 Å². The molecule has 0 unspecified atom stereocenters. The SMILES string of the molecule is Clc1cccc(Cl)c1/C=N/N=C/c1c(Cl)cccc1Cl. The number of hydrogen-bond acceptors (Lipinski definition) is 2. The van der Waals surface area contributed by atoms with Crippen LogP contribution in [0.4, 0.5) is 0 Å². The van der Waals surface area contributed by atoms with E-state index >= 15 is 0 Å². The van der Waals surface area contributed by atoms with E-state index in [1.54, 1.807) is 36.4 Å². The second-order valence-corrected chi connectivity index (χ2v) is 5.39. The first-order chi connectivity index (χ1) is 9.59. The van der Waals surface area contributed by atoms with Crippen molar-refractivity contribution >= 4 is 58.8 Å². The highest BCUT2D eigenvalue weighted by molar-refractivity contribution is 6.39. The van der Waals surface area contributed by atoms with Gasteiger partial charge in [0.25, 0.3) is 0 Å². The van der Waals surface area contributed by atoms with Gasteiger partial charge in [-0.15, -0.1) is 0 Å². The first-order valence-electron chi connectivity index (χ1n) is 5.54. The van der Waals surface area contributed by atoms with Crippen LogP contribution >= 0.6 is 46.4 Å². The van der Waals surface area contributed by atoms with Crippen LogP contribution in [0.2, 0.25) is 20.1 Å². The molecule has 0 aliphatic rings. The Morgan fingerprint density at radius 3 is 1.20 bits per heavy atom. The molecule has 0 aliphatic heterocycles. The Kier molecular flexibility index (Phi) is 5.44. The third kappa shape index (κ3) is 3.74. The summed E-state index contributed by atoms with van der Waals surface area (Å²) in [5, 5.41) is 9.82. The molecule has 0 spiro atoms. The quantitative estimate of drug-likeness (QED) is 0.499. The Balaban J connectivity index is 2.20. The van der Waals surface area contributed by atoms with Crippen molar-refractivity contribution in [2.45, 2.75) is 0 Å². The molecule has 0 saturated heterocycles. The molecule has 20 heavy (non-hydrogen) atoms. The molecule has 0 saturated carbocycles. The summed E-state index contributed by atoms with van der Waals surface area (Å²) in [6.45, 7) is 0. The molecule has 102 valence electrons. The zero-order chi connectivity index (χ0) is 14.5. The van der Waals surface area contributed by atoms with E-state index in [9.17, 15) is 0 Å². The fraction of sp³-hybridized carbons (Fsp3) is 0. The van der Waals surface area contributed by atoms with Gasteiger partial charge >= 0.3 is 0 Å². The van der Waals surface area contributed by atoms with Crippen LogP contribution in [0.5, 0.6) is 0 Å². The maximum atomic E-state index is 6.01. The van der Waals surface area contributed by atoms with Gasteiger partial charge in [0.1, 0.15) is 0 Å². The smallest absolute Gasteiger partial charge is 0.0598 e. The summed E-state index contributed by atoms with van der Waals surface area (Å²) in [5.74, 6) is 0. The Morgan fingerprint density at radius 2 is 0.900 bits per heavy atom. The Labute approximate surface area is 136 Å². The van der Waals surface area contributed by atoms with Crippen molar-refractivity contribution in [2.75, 3.05) is 0 Å². The van der Waals surface area contributed by atoms with Crippen molar-refractivity contribution in [2.24, 2.45) is 10.2 Å². The van der Waals surface area contributed by atoms with Crippen molar-refractivity contribution in [1.29, 1.82) is 0 Å². The first kappa shape index (κ1) is 15.3. The zero-order valence-corrected chi connectivity index (χ0v) is 13.0. The second-order valence-electron chi connectivity index (χ2n) is 3.76. The highest BCUT2D eigenvalue weighted by Gasteiger charge is 2.02. The summed E-state index contributed by atoms with van der Waals surface area (Å²) in [6, 6.07) is 10.4. The van der Waals surface area contributed by atoms with Gasteiger partial charge in [0, 0.05) is 11.1 Å². The normalized spacial score (nSPS) is 11.6. The van der Waals surface area contributed by atoms with Crippen LogP contribution in [0.3, 0.4) is 0 Å². The summed E-state index contributed by atoms with van der Waals surface area (Å²) in [6.07, 6.45) is 2.96. The minimum absolute atomic E-state index is 0.507. The molecule has 6 heteroatoms. The molecule has 0 bridgehead atoms. The van der Waals surface area contributed by atoms with Gasteiger partial charge in [-0.05, 0) is 24.3 Å². The Morgan fingerprint density at radius 1 is 0.600 bits per heavy atom. The van der Waals surface area contributed by atoms with Crippen LogP contribution in [0, 0.1) is 0 Å². The summed E-state index contributed by atoms with van der Waals surface area (Å²) in [7, 11) is 0. The number of hydrogen-bond donors (Lipinski definition) is 0. The molecule has 0 N–H and O–H groups in total. The highest BCUT2D eigenvalue weighted by atomic mass is 35.5. The largest absolute Gasteiger partial charge is 0.158 e. The molecule has 2 aromatic rings. The van der Waals surface area contributed by atoms with E-state index in [2.05, 4.69) is 10.2 Å². The third-order valence-electron chi connectivity index (χ3n) is 2.44. The summed E-state index contributed by atoms with van der Waals surface area (Å²) >= 11 is 24.0. The average Bonchev–Trinajstić information content (AvgIpc) is 2.40. The summed E-state index contributed by atoms with van der Waals surface area (Å²) in [5.41, 5.74) is 1.22. The lowest BCUT2D eigenvalue weighted by Gasteiger charge is -1.99. The van der Waals surface area contributed by atoms with Crippen molar-refractivity contribution < 1.29 is 0 Å². The fourth-order valence-corrected chi connectivity index (χ4v) is 2.44. The molecule has 2 aromatic carbocycles. The van der Waals surface area contributed by atoms with Crippen LogP contribution in [0.1, 0.15) is 11.1 Å². The van der Waals surface area contributed by atoms with Crippen molar-refractivity contribution in [3.05, 3.63) is 67.6 Å². The molecule has 0 aliphatic carbocycles. The standard InChI is InChI=1S/C14H8Cl4N2/c15-11-3-1-4-12(16)9(11)7-19-20-8-10-13(17)5-2-6-14(10)18/h1-8H/b19-7+,20-8+. The molecular weight excluding hydrogens is 338 g/mol. The van der Waals surface area contributed by atoms with Crippen molar-refractivity contribution in [3.8, 4) is 0 Å². The van der Waals surface area contributed by atoms with Crippen LogP contribution in [0.15, 0.2) is 46.6 Å². The monoisotopic (exact) mass is 344 g/mol. The van der Waals surface area contributed by atoms with E-state index in [-0.39, 0.29) is 0 Å². The molecule has 0 atom stereocenters. The van der Waals surface area contributed by atoms with Gasteiger partial charge in [-0.3, -0.25) is 0 Å². The molecule has 0 radical (unpaired) electrons. The second kappa shape index (κ2) is 7.09. The highest BCUT2D eigenvalue weighted by Crippen LogP contribution is 2.23. The third-order valence-corrected chi connectivity index (χ3v) is 3.76. The molecule has 0 fully saturated rings. The van der Waals surface area contributed by atoms with Gasteiger partial charge in [0.2, 0.25) is 0 Å². The van der Waals surface area contributed by atoms with Crippen molar-refractivity contribution in [1.82, 2.24) is 0 Å². The molecule has 0 amide bonds. The van der Waals surface area contributed by atoms with E-state index in [0.29, 0.717) is 31.2 Å². The van der Waals surface area contributed by atoms with E-state index in [0.717, 1.165) is 0 Å². The van der Waals surface area contributed by atoms with E-state index in [1.165, 1.54) is 12.4 Å². The Hall–Kier alpha value is -1.06. The van der Waals surface area contributed by atoms with Crippen LogP contribution in [0.25, 0.3) is 0 Å². The lowest BCUT2D eigenvalue weighted by Crippen LogP contribution is -1.86. The van der Waals surface area contributed by atoms with Gasteiger partial charge in [0.15, 0.2) is 0 Å². The van der Waals surface area contributed by atoms with E-state index < -0.39 is 0 Å². The predicted molar refractivity (Wildman–Crippen MR) is 88.1 cm³/mol. The predicted octanol–water partition coefficient (Wildman–Crippen LogP) is 5.75. The summed E-state index contributed by atoms with van der Waals surface area (Å²) in [4.78, 5) is 0. The maximum Gasteiger partial charge on any atom is 0.0598 e. The maximum absolute atomic E-state index is 6.01. The number of halogens is 4. The topological polar surface area (TPSA) is 24.7 Å². The fourth-order valence-electron chi connectivity index (χ4n) is 1.45. The first-order valence-corrected chi connectivity index (χ1v) is 7.05. The van der Waals surface area contributed by atoms with Crippen LogP contribution in [-0.4, -0.2) is 12.4 Å². The lowest BCUT2D eigenvalue weighted by molar-refractivity contribution is 1.26. The number of rotatable bonds is 3. The zero-order valence-electron chi connectivity index (χ0n) is 10.0. The van der Waals surface area contributed by atoms with Gasteiger partial charge in [-0.2, -0.15) is 10.2 Å². The minimum atomic E-state index is 0.507. The minimum Gasteiger partial charge on any atom is -0.158 e. The average molecular weight is 346 g/mol. The molecule has 2 rings (SSSR count). The molecule has 2 nitrogen and oxygen atoms in total. The van der Waals surface area contributed by atoms with Gasteiger partial charge in [0.05, 0.1) is 32.5 Å². The van der Waals surface area contributed by atoms with Crippen LogP contribution < -0.4 is 0 Å². The number of benzene rings is 2. The summed E-state index contributed by atoms with van der Waals surface area (Å²) < 4.78 is 0. The van der Waals surface area contributed by atoms with Crippen molar-refractivity contribution in [3.63, 3.8) is 0 Å². The van der Waals surface area contributed by atoms with Gasteiger partial charge in [-0.25, -0.2) is 0 Å². The van der Waals surface area contributed by atoms with Crippen LogP contribution in [-0.2, 0) is 0 Å². The van der Waals surface area contributed by atoms with Gasteiger partial charge < -0.3 is 0 Å². The van der Waals surface area contributed by atoms with E-state index in [1.807, 2.05) is 0 Å². The molecule has 0 aromatic heterocycles. The molecule has 0 heterocycles.